The lowest BCUT2D eigenvalue weighted by atomic mass is 9.94. The predicted octanol–water partition coefficient (Wildman–Crippen LogP) is 3.75. The Morgan fingerprint density at radius 2 is 1.96 bits per heavy atom. The fourth-order valence-corrected chi connectivity index (χ4v) is 3.32. The van der Waals surface area contributed by atoms with Gasteiger partial charge in [0.1, 0.15) is 17.5 Å². The van der Waals surface area contributed by atoms with E-state index in [9.17, 15) is 4.79 Å². The summed E-state index contributed by atoms with van der Waals surface area (Å²) in [5.41, 5.74) is 0.553. The van der Waals surface area contributed by atoms with E-state index in [1.807, 2.05) is 49.9 Å². The molecule has 2 fully saturated rings. The first-order valence-corrected chi connectivity index (χ1v) is 8.65. The molecule has 0 bridgehead atoms. The van der Waals surface area contributed by atoms with Gasteiger partial charge in [-0.05, 0) is 57.7 Å². The smallest absolute Gasteiger partial charge is 0.410 e. The molecule has 132 valence electrons. The Balaban J connectivity index is 1.76. The second-order valence-corrected chi connectivity index (χ2v) is 7.59. The van der Waals surface area contributed by atoms with Crippen LogP contribution in [0.3, 0.4) is 0 Å². The zero-order chi connectivity index (χ0) is 17.3. The molecule has 1 aliphatic carbocycles. The quantitative estimate of drug-likeness (QED) is 0.788. The number of ether oxygens (including phenoxy) is 3. The molecule has 24 heavy (non-hydrogen) atoms. The van der Waals surface area contributed by atoms with Crippen molar-refractivity contribution in [2.24, 2.45) is 0 Å². The molecular formula is C19H27NO4. The van der Waals surface area contributed by atoms with Crippen LogP contribution < -0.4 is 4.74 Å². The lowest BCUT2D eigenvalue weighted by Gasteiger charge is -2.34. The molecule has 2 aliphatic rings. The summed E-state index contributed by atoms with van der Waals surface area (Å²) in [6.07, 6.45) is 3.39. The number of hydrogen-bond donors (Lipinski definition) is 0. The van der Waals surface area contributed by atoms with Gasteiger partial charge in [-0.2, -0.15) is 0 Å². The highest BCUT2D eigenvalue weighted by Crippen LogP contribution is 2.40. The summed E-state index contributed by atoms with van der Waals surface area (Å²) in [5, 5.41) is 0. The first-order valence-electron chi connectivity index (χ1n) is 8.65. The molecule has 5 nitrogen and oxygen atoms in total. The van der Waals surface area contributed by atoms with E-state index < -0.39 is 5.60 Å². The predicted molar refractivity (Wildman–Crippen MR) is 91.1 cm³/mol. The third-order valence-corrected chi connectivity index (χ3v) is 4.53. The summed E-state index contributed by atoms with van der Waals surface area (Å²) < 4.78 is 16.6. The fourth-order valence-electron chi connectivity index (χ4n) is 3.32. The van der Waals surface area contributed by atoms with E-state index in [0.717, 1.165) is 30.6 Å². The van der Waals surface area contributed by atoms with E-state index in [4.69, 9.17) is 14.2 Å². The first-order chi connectivity index (χ1) is 11.4. The molecule has 1 aromatic rings. The zero-order valence-corrected chi connectivity index (χ0v) is 15.0. The number of carbonyl (C=O) groups is 1. The number of methoxy groups -OCH3 is 1. The van der Waals surface area contributed by atoms with Gasteiger partial charge in [0, 0.05) is 6.54 Å². The van der Waals surface area contributed by atoms with Gasteiger partial charge in [0.2, 0.25) is 0 Å². The van der Waals surface area contributed by atoms with Crippen LogP contribution in [0.2, 0.25) is 0 Å². The fraction of sp³-hybridized carbons (Fsp3) is 0.632. The number of rotatable bonds is 4. The lowest BCUT2D eigenvalue weighted by Crippen LogP contribution is -2.47. The van der Waals surface area contributed by atoms with Gasteiger partial charge in [-0.25, -0.2) is 4.79 Å². The topological polar surface area (TPSA) is 51.3 Å². The molecular weight excluding hydrogens is 306 g/mol. The Labute approximate surface area is 143 Å². The molecule has 3 atom stereocenters. The van der Waals surface area contributed by atoms with Crippen LogP contribution in [0.1, 0.15) is 45.6 Å². The van der Waals surface area contributed by atoms with Crippen LogP contribution in [0, 0.1) is 0 Å². The van der Waals surface area contributed by atoms with E-state index in [2.05, 4.69) is 0 Å². The average Bonchev–Trinajstić information content (AvgIpc) is 3.31. The van der Waals surface area contributed by atoms with Crippen LogP contribution in [-0.4, -0.2) is 42.0 Å². The highest BCUT2D eigenvalue weighted by molar-refractivity contribution is 5.69. The Morgan fingerprint density at radius 3 is 2.58 bits per heavy atom. The first kappa shape index (κ1) is 17.1. The van der Waals surface area contributed by atoms with E-state index in [-0.39, 0.29) is 18.2 Å². The maximum atomic E-state index is 12.8. The van der Waals surface area contributed by atoms with Crippen molar-refractivity contribution < 1.29 is 19.0 Å². The lowest BCUT2D eigenvalue weighted by molar-refractivity contribution is 0.00918. The third-order valence-electron chi connectivity index (χ3n) is 4.53. The Hall–Kier alpha value is -1.75. The molecule has 0 aromatic heterocycles. The van der Waals surface area contributed by atoms with Crippen LogP contribution in [0.5, 0.6) is 5.75 Å². The van der Waals surface area contributed by atoms with Crippen molar-refractivity contribution in [3.8, 4) is 5.75 Å². The van der Waals surface area contributed by atoms with E-state index in [0.29, 0.717) is 12.6 Å². The highest BCUT2D eigenvalue weighted by Gasteiger charge is 2.50. The van der Waals surface area contributed by atoms with E-state index in [1.54, 1.807) is 7.11 Å². The minimum Gasteiger partial charge on any atom is -0.497 e. The van der Waals surface area contributed by atoms with E-state index in [1.165, 1.54) is 0 Å². The number of hydrogen-bond acceptors (Lipinski definition) is 4. The third kappa shape index (κ3) is 4.01. The molecule has 1 aliphatic heterocycles. The SMILES string of the molecule is COc1ccc(CN(C(=O)OC(C)(C)C)[C@@H]2CCC[C@H]3O[C@@H]23)cc1. The van der Waals surface area contributed by atoms with Gasteiger partial charge in [0.05, 0.1) is 19.3 Å². The van der Waals surface area contributed by atoms with Crippen LogP contribution >= 0.6 is 0 Å². The minimum atomic E-state index is -0.506. The maximum absolute atomic E-state index is 12.8. The summed E-state index contributed by atoms with van der Waals surface area (Å²) in [6, 6.07) is 7.91. The average molecular weight is 333 g/mol. The molecule has 0 spiro atoms. The van der Waals surface area contributed by atoms with Gasteiger partial charge >= 0.3 is 6.09 Å². The standard InChI is InChI=1S/C19H27NO4/c1-19(2,3)24-18(21)20(15-6-5-7-16-17(15)23-16)12-13-8-10-14(22-4)11-9-13/h8-11,15-17H,5-7,12H2,1-4H3/t15-,16-,17+/m1/s1. The molecule has 1 aromatic carbocycles. The van der Waals surface area contributed by atoms with Crippen molar-refractivity contribution in [1.82, 2.24) is 4.90 Å². The zero-order valence-electron chi connectivity index (χ0n) is 15.0. The second kappa shape index (κ2) is 6.63. The summed E-state index contributed by atoms with van der Waals surface area (Å²) in [5.74, 6) is 0.811. The highest BCUT2D eigenvalue weighted by atomic mass is 16.6. The Morgan fingerprint density at radius 1 is 1.25 bits per heavy atom. The van der Waals surface area contributed by atoms with Crippen molar-refractivity contribution >= 4 is 6.09 Å². The van der Waals surface area contributed by atoms with Gasteiger partial charge in [-0.3, -0.25) is 4.90 Å². The van der Waals surface area contributed by atoms with Crippen molar-refractivity contribution in [2.45, 2.75) is 70.4 Å². The Bertz CT molecular complexity index is 578. The van der Waals surface area contributed by atoms with Crippen molar-refractivity contribution in [1.29, 1.82) is 0 Å². The molecule has 1 heterocycles. The van der Waals surface area contributed by atoms with Crippen molar-refractivity contribution in [2.75, 3.05) is 7.11 Å². The van der Waals surface area contributed by atoms with Gasteiger partial charge in [0.15, 0.2) is 0 Å². The minimum absolute atomic E-state index is 0.0979. The Kier molecular flexibility index (Phi) is 4.72. The maximum Gasteiger partial charge on any atom is 0.410 e. The van der Waals surface area contributed by atoms with Crippen LogP contribution in [0.4, 0.5) is 4.79 Å². The largest absolute Gasteiger partial charge is 0.497 e. The number of amides is 1. The molecule has 1 amide bonds. The summed E-state index contributed by atoms with van der Waals surface area (Å²) in [4.78, 5) is 14.6. The summed E-state index contributed by atoms with van der Waals surface area (Å²) in [6.45, 7) is 6.21. The molecule has 3 rings (SSSR count). The van der Waals surface area contributed by atoms with Crippen LogP contribution in [-0.2, 0) is 16.0 Å². The van der Waals surface area contributed by atoms with Gasteiger partial charge in [-0.1, -0.05) is 12.1 Å². The van der Waals surface area contributed by atoms with Gasteiger partial charge < -0.3 is 14.2 Å². The number of nitrogens with zero attached hydrogens (tertiary/aromatic N) is 1. The van der Waals surface area contributed by atoms with E-state index >= 15 is 0 Å². The molecule has 5 heteroatoms. The monoisotopic (exact) mass is 333 g/mol. The molecule has 0 unspecified atom stereocenters. The number of fused-ring (bicyclic) bond motifs is 1. The van der Waals surface area contributed by atoms with Crippen molar-refractivity contribution in [3.63, 3.8) is 0 Å². The molecule has 0 radical (unpaired) electrons. The number of benzene rings is 1. The number of epoxide rings is 1. The molecule has 1 saturated heterocycles. The number of carbonyl (C=O) groups excluding carboxylic acids is 1. The molecule has 1 saturated carbocycles. The van der Waals surface area contributed by atoms with Gasteiger partial charge in [0.25, 0.3) is 0 Å². The summed E-state index contributed by atoms with van der Waals surface area (Å²) >= 11 is 0. The molecule has 0 N–H and O–H groups in total. The summed E-state index contributed by atoms with van der Waals surface area (Å²) in [7, 11) is 1.65. The van der Waals surface area contributed by atoms with Crippen molar-refractivity contribution in [3.05, 3.63) is 29.8 Å². The van der Waals surface area contributed by atoms with Gasteiger partial charge in [-0.15, -0.1) is 0 Å². The second-order valence-electron chi connectivity index (χ2n) is 7.59. The normalized spacial score (nSPS) is 25.6. The van der Waals surface area contributed by atoms with Crippen LogP contribution in [0.15, 0.2) is 24.3 Å². The van der Waals surface area contributed by atoms with Crippen LogP contribution in [0.25, 0.3) is 0 Å².